The van der Waals surface area contributed by atoms with E-state index >= 15 is 0 Å². The fraction of sp³-hybridized carbons (Fsp3) is 0.129. The van der Waals surface area contributed by atoms with Gasteiger partial charge in [-0.1, -0.05) is 120 Å². The molecule has 33 heavy (non-hydrogen) atoms. The summed E-state index contributed by atoms with van der Waals surface area (Å²) in [5.74, 6) is -0.00106. The molecule has 0 spiro atoms. The number of rotatable bonds is 7. The number of hydrogen-bond acceptors (Lipinski definition) is 1. The fourth-order valence-corrected chi connectivity index (χ4v) is 3.83. The normalized spacial score (nSPS) is 10.5. The highest BCUT2D eigenvalue weighted by Crippen LogP contribution is 2.25. The zero-order chi connectivity index (χ0) is 23.0. The monoisotopic (exact) mass is 431 g/mol. The lowest BCUT2D eigenvalue weighted by molar-refractivity contribution is -0.127. The molecule has 0 fully saturated rings. The smallest absolute Gasteiger partial charge is 0.247 e. The molecule has 2 nitrogen and oxygen atoms in total. The van der Waals surface area contributed by atoms with Gasteiger partial charge >= 0.3 is 0 Å². The van der Waals surface area contributed by atoms with Crippen molar-refractivity contribution in [2.75, 3.05) is 0 Å². The minimum Gasteiger partial charge on any atom is -0.330 e. The number of carbonyl (C=O) groups is 1. The van der Waals surface area contributed by atoms with Gasteiger partial charge in [0.2, 0.25) is 5.91 Å². The molecule has 0 unspecified atom stereocenters. The Labute approximate surface area is 196 Å². The van der Waals surface area contributed by atoms with E-state index in [9.17, 15) is 4.79 Å². The number of aryl methyl sites for hydroxylation is 2. The Morgan fingerprint density at radius 2 is 1.00 bits per heavy atom. The third-order valence-electron chi connectivity index (χ3n) is 5.74. The standard InChI is InChI=1S/C31H29NO/c1-24-13-17-28(18-14-24)30(29-19-15-25(2)16-20-29)21-31(33)32(22-26-9-5-3-6-10-26)23-27-11-7-4-8-12-27/h3-21H,22-23H2,1-2H3. The molecule has 0 bridgehead atoms. The Morgan fingerprint density at radius 1 is 0.606 bits per heavy atom. The molecule has 4 rings (SSSR count). The Bertz CT molecular complexity index is 1120. The van der Waals surface area contributed by atoms with Gasteiger partial charge in [0.05, 0.1) is 0 Å². The van der Waals surface area contributed by atoms with Crippen LogP contribution in [0.15, 0.2) is 115 Å². The fourth-order valence-electron chi connectivity index (χ4n) is 3.83. The lowest BCUT2D eigenvalue weighted by Crippen LogP contribution is -2.28. The molecule has 0 saturated heterocycles. The molecule has 0 radical (unpaired) electrons. The van der Waals surface area contributed by atoms with Crippen LogP contribution in [0.2, 0.25) is 0 Å². The van der Waals surface area contributed by atoms with E-state index in [1.54, 1.807) is 6.08 Å². The Hall–Kier alpha value is -3.91. The van der Waals surface area contributed by atoms with Gasteiger partial charge in [0.25, 0.3) is 0 Å². The molecule has 4 aromatic carbocycles. The van der Waals surface area contributed by atoms with Crippen molar-refractivity contribution in [2.24, 2.45) is 0 Å². The van der Waals surface area contributed by atoms with Crippen LogP contribution >= 0.6 is 0 Å². The predicted molar refractivity (Wildman–Crippen MR) is 137 cm³/mol. The SMILES string of the molecule is Cc1ccc(C(=CC(=O)N(Cc2ccccc2)Cc2ccccc2)c2ccc(C)cc2)cc1. The first-order valence-corrected chi connectivity index (χ1v) is 11.3. The van der Waals surface area contributed by atoms with Crippen molar-refractivity contribution in [2.45, 2.75) is 26.9 Å². The summed E-state index contributed by atoms with van der Waals surface area (Å²) in [6.07, 6.45) is 1.79. The molecule has 0 N–H and O–H groups in total. The van der Waals surface area contributed by atoms with Gasteiger partial charge in [-0.15, -0.1) is 0 Å². The second-order valence-corrected chi connectivity index (χ2v) is 8.46. The summed E-state index contributed by atoms with van der Waals surface area (Å²) < 4.78 is 0. The third-order valence-corrected chi connectivity index (χ3v) is 5.74. The van der Waals surface area contributed by atoms with Crippen LogP contribution < -0.4 is 0 Å². The average molecular weight is 432 g/mol. The van der Waals surface area contributed by atoms with Crippen LogP contribution in [0.3, 0.4) is 0 Å². The van der Waals surface area contributed by atoms with E-state index in [0.717, 1.165) is 27.8 Å². The molecule has 0 atom stereocenters. The average Bonchev–Trinajstić information content (AvgIpc) is 2.85. The topological polar surface area (TPSA) is 20.3 Å². The van der Waals surface area contributed by atoms with E-state index in [4.69, 9.17) is 0 Å². The van der Waals surface area contributed by atoms with Crippen LogP contribution in [0.1, 0.15) is 33.4 Å². The van der Waals surface area contributed by atoms with Gasteiger partial charge in [-0.3, -0.25) is 4.79 Å². The molecular weight excluding hydrogens is 402 g/mol. The summed E-state index contributed by atoms with van der Waals surface area (Å²) >= 11 is 0. The summed E-state index contributed by atoms with van der Waals surface area (Å²) in [6, 6.07) is 37.0. The number of benzene rings is 4. The van der Waals surface area contributed by atoms with Gasteiger partial charge in [-0.05, 0) is 41.7 Å². The van der Waals surface area contributed by atoms with Crippen LogP contribution in [-0.4, -0.2) is 10.8 Å². The predicted octanol–water partition coefficient (Wildman–Crippen LogP) is 6.96. The number of amides is 1. The van der Waals surface area contributed by atoms with Crippen LogP contribution in [0.4, 0.5) is 0 Å². The maximum atomic E-state index is 13.7. The Kier molecular flexibility index (Phi) is 7.16. The quantitative estimate of drug-likeness (QED) is 0.290. The first-order valence-electron chi connectivity index (χ1n) is 11.3. The summed E-state index contributed by atoms with van der Waals surface area (Å²) in [7, 11) is 0. The molecule has 0 heterocycles. The minimum absolute atomic E-state index is 0.00106. The van der Waals surface area contributed by atoms with Crippen molar-refractivity contribution in [3.63, 3.8) is 0 Å². The molecule has 164 valence electrons. The highest BCUT2D eigenvalue weighted by Gasteiger charge is 2.16. The largest absolute Gasteiger partial charge is 0.330 e. The molecule has 0 aliphatic heterocycles. The van der Waals surface area contributed by atoms with Gasteiger partial charge in [-0.25, -0.2) is 0 Å². The minimum atomic E-state index is -0.00106. The molecule has 0 aromatic heterocycles. The van der Waals surface area contributed by atoms with Gasteiger partial charge in [0.15, 0.2) is 0 Å². The molecule has 4 aromatic rings. The third kappa shape index (κ3) is 6.08. The molecule has 0 aliphatic rings. The molecular formula is C31H29NO. The Morgan fingerprint density at radius 3 is 1.39 bits per heavy atom. The summed E-state index contributed by atoms with van der Waals surface area (Å²) in [5.41, 5.74) is 7.64. The van der Waals surface area contributed by atoms with E-state index < -0.39 is 0 Å². The highest BCUT2D eigenvalue weighted by molar-refractivity contribution is 5.99. The van der Waals surface area contributed by atoms with E-state index in [-0.39, 0.29) is 5.91 Å². The second kappa shape index (κ2) is 10.6. The van der Waals surface area contributed by atoms with Crippen molar-refractivity contribution in [1.82, 2.24) is 4.90 Å². The van der Waals surface area contributed by atoms with E-state index in [1.807, 2.05) is 41.3 Å². The van der Waals surface area contributed by atoms with Crippen molar-refractivity contribution >= 4 is 11.5 Å². The van der Waals surface area contributed by atoms with E-state index in [0.29, 0.717) is 13.1 Å². The van der Waals surface area contributed by atoms with Crippen LogP contribution in [0.25, 0.3) is 5.57 Å². The van der Waals surface area contributed by atoms with Crippen molar-refractivity contribution in [3.05, 3.63) is 149 Å². The second-order valence-electron chi connectivity index (χ2n) is 8.46. The van der Waals surface area contributed by atoms with E-state index in [1.165, 1.54) is 11.1 Å². The summed E-state index contributed by atoms with van der Waals surface area (Å²) in [6.45, 7) is 5.26. The lowest BCUT2D eigenvalue weighted by atomic mass is 9.95. The van der Waals surface area contributed by atoms with Crippen molar-refractivity contribution in [3.8, 4) is 0 Å². The Balaban J connectivity index is 1.72. The zero-order valence-corrected chi connectivity index (χ0v) is 19.2. The van der Waals surface area contributed by atoms with Gasteiger partial charge in [-0.2, -0.15) is 0 Å². The summed E-state index contributed by atoms with van der Waals surface area (Å²) in [4.78, 5) is 15.6. The molecule has 0 aliphatic carbocycles. The van der Waals surface area contributed by atoms with Gasteiger partial charge in [0, 0.05) is 19.2 Å². The number of carbonyl (C=O) groups excluding carboxylic acids is 1. The van der Waals surface area contributed by atoms with Crippen molar-refractivity contribution in [1.29, 1.82) is 0 Å². The van der Waals surface area contributed by atoms with Crippen LogP contribution in [0.5, 0.6) is 0 Å². The molecule has 2 heteroatoms. The maximum Gasteiger partial charge on any atom is 0.247 e. The zero-order valence-electron chi connectivity index (χ0n) is 19.2. The molecule has 0 saturated carbocycles. The first kappa shape index (κ1) is 22.3. The van der Waals surface area contributed by atoms with Crippen molar-refractivity contribution < 1.29 is 4.79 Å². The van der Waals surface area contributed by atoms with Crippen LogP contribution in [-0.2, 0) is 17.9 Å². The molecule has 1 amide bonds. The maximum absolute atomic E-state index is 13.7. The lowest BCUT2D eigenvalue weighted by Gasteiger charge is -2.22. The highest BCUT2D eigenvalue weighted by atomic mass is 16.2. The number of hydrogen-bond donors (Lipinski definition) is 0. The van der Waals surface area contributed by atoms with Gasteiger partial charge < -0.3 is 4.90 Å². The summed E-state index contributed by atoms with van der Waals surface area (Å²) in [5, 5.41) is 0. The first-order chi connectivity index (χ1) is 16.1. The van der Waals surface area contributed by atoms with Crippen LogP contribution in [0, 0.1) is 13.8 Å². The van der Waals surface area contributed by atoms with E-state index in [2.05, 4.69) is 86.6 Å². The number of nitrogens with zero attached hydrogens (tertiary/aromatic N) is 1. The van der Waals surface area contributed by atoms with Gasteiger partial charge in [0.1, 0.15) is 0 Å².